The molecule has 0 spiro atoms. The maximum absolute atomic E-state index is 10.8. The van der Waals surface area contributed by atoms with Gasteiger partial charge in [-0.1, -0.05) is 19.1 Å². The lowest BCUT2D eigenvalue weighted by atomic mass is 10.1. The Kier molecular flexibility index (Phi) is 4.35. The molecule has 0 saturated heterocycles. The molecule has 1 heterocycles. The third-order valence-corrected chi connectivity index (χ3v) is 3.26. The van der Waals surface area contributed by atoms with Gasteiger partial charge in [0.05, 0.1) is 17.8 Å². The van der Waals surface area contributed by atoms with Crippen molar-refractivity contribution < 1.29 is 9.90 Å². The van der Waals surface area contributed by atoms with Gasteiger partial charge in [0.2, 0.25) is 0 Å². The average molecular weight is 270 g/mol. The minimum atomic E-state index is -0.951. The molecule has 4 nitrogen and oxygen atoms in total. The van der Waals surface area contributed by atoms with E-state index in [1.54, 1.807) is 12.1 Å². The standard InChI is InChI=1S/C16H18N2O2/c1-3-12-4-8-15(9-5-12)18(2)11-14-7-6-13(10-17-14)16(19)20/h4-10H,3,11H2,1-2H3,(H,19,20). The molecule has 0 amide bonds. The first-order valence-electron chi connectivity index (χ1n) is 6.58. The van der Waals surface area contributed by atoms with Gasteiger partial charge in [0, 0.05) is 18.9 Å². The quantitative estimate of drug-likeness (QED) is 0.907. The van der Waals surface area contributed by atoms with E-state index in [-0.39, 0.29) is 5.56 Å². The number of pyridine rings is 1. The number of benzene rings is 1. The van der Waals surface area contributed by atoms with Gasteiger partial charge in [0.1, 0.15) is 0 Å². The van der Waals surface area contributed by atoms with Crippen molar-refractivity contribution in [1.82, 2.24) is 4.98 Å². The first kappa shape index (κ1) is 14.1. The summed E-state index contributed by atoms with van der Waals surface area (Å²) in [5.41, 5.74) is 3.48. The zero-order valence-corrected chi connectivity index (χ0v) is 11.7. The Bertz CT molecular complexity index is 576. The van der Waals surface area contributed by atoms with E-state index in [9.17, 15) is 4.79 Å². The van der Waals surface area contributed by atoms with Crippen LogP contribution in [0.15, 0.2) is 42.6 Å². The molecule has 0 saturated carbocycles. The molecule has 4 heteroatoms. The molecule has 1 aromatic heterocycles. The SMILES string of the molecule is CCc1ccc(N(C)Cc2ccc(C(=O)O)cn2)cc1. The molecule has 0 aliphatic rings. The minimum absolute atomic E-state index is 0.212. The molecule has 1 aromatic carbocycles. The number of aryl methyl sites for hydroxylation is 1. The highest BCUT2D eigenvalue weighted by Gasteiger charge is 2.06. The van der Waals surface area contributed by atoms with Crippen LogP contribution in [0.3, 0.4) is 0 Å². The second-order valence-electron chi connectivity index (χ2n) is 4.72. The van der Waals surface area contributed by atoms with Crippen molar-refractivity contribution in [2.45, 2.75) is 19.9 Å². The Labute approximate surface area is 118 Å². The number of carboxylic acid groups (broad SMARTS) is 1. The predicted molar refractivity (Wildman–Crippen MR) is 79.1 cm³/mol. The van der Waals surface area contributed by atoms with Gasteiger partial charge in [-0.2, -0.15) is 0 Å². The fraction of sp³-hybridized carbons (Fsp3) is 0.250. The van der Waals surface area contributed by atoms with Gasteiger partial charge in [0.25, 0.3) is 0 Å². The summed E-state index contributed by atoms with van der Waals surface area (Å²) < 4.78 is 0. The number of hydrogen-bond donors (Lipinski definition) is 1. The molecule has 0 fully saturated rings. The minimum Gasteiger partial charge on any atom is -0.478 e. The fourth-order valence-corrected chi connectivity index (χ4v) is 1.96. The predicted octanol–water partition coefficient (Wildman–Crippen LogP) is 2.98. The number of carbonyl (C=O) groups is 1. The molecule has 0 aliphatic heterocycles. The number of nitrogens with zero attached hydrogens (tertiary/aromatic N) is 2. The highest BCUT2D eigenvalue weighted by Crippen LogP contribution is 2.16. The molecular formula is C16H18N2O2. The first-order chi connectivity index (χ1) is 9.60. The molecule has 0 unspecified atom stereocenters. The van der Waals surface area contributed by atoms with Gasteiger partial charge in [-0.05, 0) is 36.2 Å². The van der Waals surface area contributed by atoms with Crippen LogP contribution in [0.1, 0.15) is 28.5 Å². The molecule has 0 aliphatic carbocycles. The van der Waals surface area contributed by atoms with E-state index in [1.165, 1.54) is 11.8 Å². The van der Waals surface area contributed by atoms with Gasteiger partial charge in [-0.3, -0.25) is 4.98 Å². The van der Waals surface area contributed by atoms with Crippen LogP contribution in [0.4, 0.5) is 5.69 Å². The van der Waals surface area contributed by atoms with Crippen LogP contribution < -0.4 is 4.90 Å². The Morgan fingerprint density at radius 3 is 2.40 bits per heavy atom. The number of anilines is 1. The summed E-state index contributed by atoms with van der Waals surface area (Å²) in [5, 5.41) is 8.83. The lowest BCUT2D eigenvalue weighted by molar-refractivity contribution is 0.0696. The summed E-state index contributed by atoms with van der Waals surface area (Å²) in [4.78, 5) is 17.0. The molecule has 20 heavy (non-hydrogen) atoms. The summed E-state index contributed by atoms with van der Waals surface area (Å²) >= 11 is 0. The highest BCUT2D eigenvalue weighted by atomic mass is 16.4. The number of carboxylic acids is 1. The van der Waals surface area contributed by atoms with E-state index in [2.05, 4.69) is 41.1 Å². The Hall–Kier alpha value is -2.36. The average Bonchev–Trinajstić information content (AvgIpc) is 2.48. The summed E-state index contributed by atoms with van der Waals surface area (Å²) in [6.45, 7) is 2.78. The number of rotatable bonds is 5. The maximum atomic E-state index is 10.8. The van der Waals surface area contributed by atoms with E-state index >= 15 is 0 Å². The smallest absolute Gasteiger partial charge is 0.337 e. The molecule has 1 N–H and O–H groups in total. The topological polar surface area (TPSA) is 53.4 Å². The number of aromatic carboxylic acids is 1. The molecule has 2 aromatic rings. The summed E-state index contributed by atoms with van der Waals surface area (Å²) in [6, 6.07) is 11.7. The lowest BCUT2D eigenvalue weighted by Crippen LogP contribution is -2.17. The normalized spacial score (nSPS) is 10.3. The van der Waals surface area contributed by atoms with E-state index in [0.29, 0.717) is 6.54 Å². The molecule has 0 bridgehead atoms. The fourth-order valence-electron chi connectivity index (χ4n) is 1.96. The second kappa shape index (κ2) is 6.19. The largest absolute Gasteiger partial charge is 0.478 e. The van der Waals surface area contributed by atoms with E-state index in [1.807, 2.05) is 7.05 Å². The van der Waals surface area contributed by atoms with Gasteiger partial charge < -0.3 is 10.0 Å². The second-order valence-corrected chi connectivity index (χ2v) is 4.72. The Balaban J connectivity index is 2.06. The maximum Gasteiger partial charge on any atom is 0.337 e. The van der Waals surface area contributed by atoms with Crippen molar-refractivity contribution in [1.29, 1.82) is 0 Å². The van der Waals surface area contributed by atoms with Crippen molar-refractivity contribution in [3.8, 4) is 0 Å². The Morgan fingerprint density at radius 2 is 1.90 bits per heavy atom. The van der Waals surface area contributed by atoms with Crippen LogP contribution in [0.25, 0.3) is 0 Å². The number of aromatic nitrogens is 1. The summed E-state index contributed by atoms with van der Waals surface area (Å²) in [5.74, 6) is -0.951. The van der Waals surface area contributed by atoms with E-state index in [4.69, 9.17) is 5.11 Å². The monoisotopic (exact) mass is 270 g/mol. The third kappa shape index (κ3) is 3.35. The lowest BCUT2D eigenvalue weighted by Gasteiger charge is -2.19. The van der Waals surface area contributed by atoms with Gasteiger partial charge in [-0.25, -0.2) is 4.79 Å². The Morgan fingerprint density at radius 1 is 1.20 bits per heavy atom. The molecule has 104 valence electrons. The van der Waals surface area contributed by atoms with Crippen LogP contribution in [-0.4, -0.2) is 23.1 Å². The summed E-state index contributed by atoms with van der Waals surface area (Å²) in [6.07, 6.45) is 2.42. The third-order valence-electron chi connectivity index (χ3n) is 3.26. The van der Waals surface area contributed by atoms with Crippen LogP contribution in [0, 0.1) is 0 Å². The van der Waals surface area contributed by atoms with E-state index < -0.39 is 5.97 Å². The van der Waals surface area contributed by atoms with Gasteiger partial charge >= 0.3 is 5.97 Å². The highest BCUT2D eigenvalue weighted by molar-refractivity contribution is 5.87. The van der Waals surface area contributed by atoms with Crippen LogP contribution in [-0.2, 0) is 13.0 Å². The first-order valence-corrected chi connectivity index (χ1v) is 6.58. The molecule has 0 radical (unpaired) electrons. The van der Waals surface area contributed by atoms with Crippen molar-refractivity contribution in [2.24, 2.45) is 0 Å². The van der Waals surface area contributed by atoms with Crippen LogP contribution in [0.2, 0.25) is 0 Å². The molecular weight excluding hydrogens is 252 g/mol. The zero-order valence-electron chi connectivity index (χ0n) is 11.7. The zero-order chi connectivity index (χ0) is 14.5. The van der Waals surface area contributed by atoms with Crippen molar-refractivity contribution in [2.75, 3.05) is 11.9 Å². The molecule has 0 atom stereocenters. The van der Waals surface area contributed by atoms with Crippen LogP contribution in [0.5, 0.6) is 0 Å². The van der Waals surface area contributed by atoms with Crippen molar-refractivity contribution in [3.63, 3.8) is 0 Å². The van der Waals surface area contributed by atoms with Crippen LogP contribution >= 0.6 is 0 Å². The molecule has 2 rings (SSSR count). The van der Waals surface area contributed by atoms with Gasteiger partial charge in [-0.15, -0.1) is 0 Å². The van der Waals surface area contributed by atoms with Gasteiger partial charge in [0.15, 0.2) is 0 Å². The van der Waals surface area contributed by atoms with Crippen molar-refractivity contribution >= 4 is 11.7 Å². The summed E-state index contributed by atoms with van der Waals surface area (Å²) in [7, 11) is 1.99. The number of hydrogen-bond acceptors (Lipinski definition) is 3. The van der Waals surface area contributed by atoms with Crippen molar-refractivity contribution in [3.05, 3.63) is 59.4 Å². The van der Waals surface area contributed by atoms with E-state index in [0.717, 1.165) is 17.8 Å².